The number of rotatable bonds is 4. The molecular formula is C14H13BrN2OS. The van der Waals surface area contributed by atoms with E-state index >= 15 is 0 Å². The van der Waals surface area contributed by atoms with Crippen molar-refractivity contribution in [1.82, 2.24) is 4.98 Å². The molecule has 2 aromatic rings. The van der Waals surface area contributed by atoms with Gasteiger partial charge in [-0.15, -0.1) is 0 Å². The molecule has 1 N–H and O–H groups in total. The predicted octanol–water partition coefficient (Wildman–Crippen LogP) is 3.88. The Labute approximate surface area is 125 Å². The lowest BCUT2D eigenvalue weighted by Gasteiger charge is -2.08. The Kier molecular flexibility index (Phi) is 4.99. The molecule has 3 nitrogen and oxygen atoms in total. The number of halogens is 1. The number of thioether (sulfide) groups is 1. The highest BCUT2D eigenvalue weighted by Crippen LogP contribution is 2.21. The van der Waals surface area contributed by atoms with Crippen molar-refractivity contribution in [3.05, 3.63) is 52.6 Å². The third-order valence-corrected chi connectivity index (χ3v) is 3.89. The van der Waals surface area contributed by atoms with Gasteiger partial charge in [-0.25, -0.2) is 4.98 Å². The van der Waals surface area contributed by atoms with Crippen LogP contribution in [-0.2, 0) is 4.79 Å². The summed E-state index contributed by atoms with van der Waals surface area (Å²) < 4.78 is 1.01. The summed E-state index contributed by atoms with van der Waals surface area (Å²) in [7, 11) is 0. The van der Waals surface area contributed by atoms with Crippen LogP contribution in [0, 0.1) is 6.92 Å². The monoisotopic (exact) mass is 336 g/mol. The van der Waals surface area contributed by atoms with Crippen molar-refractivity contribution in [3.63, 3.8) is 0 Å². The number of carbonyl (C=O) groups is 1. The molecule has 2 rings (SSSR count). The zero-order valence-electron chi connectivity index (χ0n) is 10.4. The van der Waals surface area contributed by atoms with E-state index in [1.54, 1.807) is 6.20 Å². The molecule has 0 radical (unpaired) electrons. The number of nitrogens with one attached hydrogen (secondary N) is 1. The molecule has 0 aliphatic carbocycles. The molecule has 0 atom stereocenters. The van der Waals surface area contributed by atoms with Crippen LogP contribution < -0.4 is 5.32 Å². The molecule has 0 aliphatic heterocycles. The van der Waals surface area contributed by atoms with Gasteiger partial charge < -0.3 is 5.32 Å². The van der Waals surface area contributed by atoms with E-state index in [9.17, 15) is 4.79 Å². The normalized spacial score (nSPS) is 10.2. The number of hydrogen-bond donors (Lipinski definition) is 1. The van der Waals surface area contributed by atoms with Crippen molar-refractivity contribution in [2.24, 2.45) is 0 Å². The average Bonchev–Trinajstić information content (AvgIpc) is 2.41. The summed E-state index contributed by atoms with van der Waals surface area (Å²) >= 11 is 4.82. The van der Waals surface area contributed by atoms with E-state index in [0.717, 1.165) is 20.7 Å². The maximum absolute atomic E-state index is 11.9. The minimum Gasteiger partial charge on any atom is -0.325 e. The van der Waals surface area contributed by atoms with Gasteiger partial charge in [-0.3, -0.25) is 4.79 Å². The fourth-order valence-corrected chi connectivity index (χ4v) is 2.66. The highest BCUT2D eigenvalue weighted by atomic mass is 79.9. The van der Waals surface area contributed by atoms with Crippen LogP contribution in [0.2, 0.25) is 0 Å². The van der Waals surface area contributed by atoms with Crippen LogP contribution in [0.3, 0.4) is 0 Å². The SMILES string of the molecule is Cc1cc(Br)ccc1NC(=O)CSc1ccccn1. The lowest BCUT2D eigenvalue weighted by molar-refractivity contribution is -0.113. The first kappa shape index (κ1) is 14.1. The van der Waals surface area contributed by atoms with Gasteiger partial charge in [-0.2, -0.15) is 0 Å². The molecule has 1 aromatic carbocycles. The zero-order valence-corrected chi connectivity index (χ0v) is 12.8. The molecule has 5 heteroatoms. The van der Waals surface area contributed by atoms with Gasteiger partial charge in [-0.1, -0.05) is 33.8 Å². The van der Waals surface area contributed by atoms with Gasteiger partial charge in [0.25, 0.3) is 0 Å². The Hall–Kier alpha value is -1.33. The molecule has 0 saturated heterocycles. The van der Waals surface area contributed by atoms with Crippen LogP contribution in [0.5, 0.6) is 0 Å². The molecule has 0 spiro atoms. The number of aromatic nitrogens is 1. The van der Waals surface area contributed by atoms with Crippen molar-refractivity contribution in [2.45, 2.75) is 11.9 Å². The molecule has 1 amide bonds. The fraction of sp³-hybridized carbons (Fsp3) is 0.143. The maximum atomic E-state index is 11.9. The summed E-state index contributed by atoms with van der Waals surface area (Å²) in [5.74, 6) is 0.327. The average molecular weight is 337 g/mol. The van der Waals surface area contributed by atoms with E-state index in [0.29, 0.717) is 5.75 Å². The summed E-state index contributed by atoms with van der Waals surface area (Å²) in [5.41, 5.74) is 1.88. The smallest absolute Gasteiger partial charge is 0.234 e. The number of pyridine rings is 1. The number of benzene rings is 1. The van der Waals surface area contributed by atoms with Crippen molar-refractivity contribution >= 4 is 39.3 Å². The molecule has 0 unspecified atom stereocenters. The van der Waals surface area contributed by atoms with E-state index in [1.165, 1.54) is 11.8 Å². The Morgan fingerprint density at radius 3 is 2.89 bits per heavy atom. The van der Waals surface area contributed by atoms with Gasteiger partial charge in [0.05, 0.1) is 10.8 Å². The van der Waals surface area contributed by atoms with Crippen molar-refractivity contribution in [2.75, 3.05) is 11.1 Å². The molecule has 0 fully saturated rings. The molecule has 0 bridgehead atoms. The molecule has 1 heterocycles. The van der Waals surface area contributed by atoms with Crippen LogP contribution >= 0.6 is 27.7 Å². The first-order valence-electron chi connectivity index (χ1n) is 5.75. The number of hydrogen-bond acceptors (Lipinski definition) is 3. The minimum absolute atomic E-state index is 0.0268. The number of aryl methyl sites for hydroxylation is 1. The van der Waals surface area contributed by atoms with Gasteiger partial charge in [0.15, 0.2) is 0 Å². The van der Waals surface area contributed by atoms with E-state index in [-0.39, 0.29) is 5.91 Å². The second kappa shape index (κ2) is 6.73. The van der Waals surface area contributed by atoms with Crippen molar-refractivity contribution < 1.29 is 4.79 Å². The number of amides is 1. The third kappa shape index (κ3) is 4.36. The Morgan fingerprint density at radius 1 is 1.37 bits per heavy atom. The lowest BCUT2D eigenvalue weighted by atomic mass is 10.2. The molecule has 98 valence electrons. The number of anilines is 1. The molecule has 19 heavy (non-hydrogen) atoms. The van der Waals surface area contributed by atoms with Crippen LogP contribution in [0.1, 0.15) is 5.56 Å². The molecular weight excluding hydrogens is 324 g/mol. The molecule has 0 saturated carbocycles. The van der Waals surface area contributed by atoms with Crippen molar-refractivity contribution in [3.8, 4) is 0 Å². The topological polar surface area (TPSA) is 42.0 Å². The Morgan fingerprint density at radius 2 is 2.21 bits per heavy atom. The Bertz CT molecular complexity index is 575. The molecule has 0 aliphatic rings. The highest BCUT2D eigenvalue weighted by molar-refractivity contribution is 9.10. The standard InChI is InChI=1S/C14H13BrN2OS/c1-10-8-11(15)5-6-12(10)17-13(18)9-19-14-4-2-3-7-16-14/h2-8H,9H2,1H3,(H,17,18). The predicted molar refractivity (Wildman–Crippen MR) is 82.5 cm³/mol. The van der Waals surface area contributed by atoms with Crippen LogP contribution in [0.25, 0.3) is 0 Å². The Balaban J connectivity index is 1.91. The summed E-state index contributed by atoms with van der Waals surface area (Å²) in [6.45, 7) is 1.96. The van der Waals surface area contributed by atoms with E-state index in [4.69, 9.17) is 0 Å². The van der Waals surface area contributed by atoms with Crippen molar-refractivity contribution in [1.29, 1.82) is 0 Å². The number of carbonyl (C=O) groups excluding carboxylic acids is 1. The third-order valence-electron chi connectivity index (χ3n) is 2.45. The van der Waals surface area contributed by atoms with Crippen LogP contribution in [0.15, 0.2) is 52.1 Å². The summed E-state index contributed by atoms with van der Waals surface area (Å²) in [4.78, 5) is 16.0. The second-order valence-corrected chi connectivity index (χ2v) is 5.88. The second-order valence-electron chi connectivity index (χ2n) is 3.96. The highest BCUT2D eigenvalue weighted by Gasteiger charge is 2.06. The first-order valence-corrected chi connectivity index (χ1v) is 7.53. The number of nitrogens with zero attached hydrogens (tertiary/aromatic N) is 1. The quantitative estimate of drug-likeness (QED) is 0.861. The largest absolute Gasteiger partial charge is 0.325 e. The summed E-state index contributed by atoms with van der Waals surface area (Å²) in [6, 6.07) is 11.4. The fourth-order valence-electron chi connectivity index (χ4n) is 1.53. The van der Waals surface area contributed by atoms with Gasteiger partial charge in [-0.05, 0) is 42.8 Å². The van der Waals surface area contributed by atoms with Gasteiger partial charge >= 0.3 is 0 Å². The summed E-state index contributed by atoms with van der Waals surface area (Å²) in [5, 5.41) is 3.75. The van der Waals surface area contributed by atoms with E-state index in [1.807, 2.05) is 43.3 Å². The van der Waals surface area contributed by atoms with Crippen LogP contribution in [0.4, 0.5) is 5.69 Å². The van der Waals surface area contributed by atoms with E-state index < -0.39 is 0 Å². The summed E-state index contributed by atoms with van der Waals surface area (Å²) in [6.07, 6.45) is 1.72. The van der Waals surface area contributed by atoms with E-state index in [2.05, 4.69) is 26.2 Å². The maximum Gasteiger partial charge on any atom is 0.234 e. The van der Waals surface area contributed by atoms with Gasteiger partial charge in [0.1, 0.15) is 0 Å². The van der Waals surface area contributed by atoms with Gasteiger partial charge in [0.2, 0.25) is 5.91 Å². The first-order chi connectivity index (χ1) is 9.15. The lowest BCUT2D eigenvalue weighted by Crippen LogP contribution is -2.14. The zero-order chi connectivity index (χ0) is 13.7. The van der Waals surface area contributed by atoms with Crippen LogP contribution in [-0.4, -0.2) is 16.6 Å². The minimum atomic E-state index is -0.0268. The molecule has 1 aromatic heterocycles. The van der Waals surface area contributed by atoms with Gasteiger partial charge in [0, 0.05) is 16.4 Å².